The Kier molecular flexibility index (Phi) is 3.36. The van der Waals surface area contributed by atoms with E-state index >= 15 is 0 Å². The zero-order valence-electron chi connectivity index (χ0n) is 12.6. The molecule has 6 nitrogen and oxygen atoms in total. The molecule has 3 aromatic rings. The lowest BCUT2D eigenvalue weighted by molar-refractivity contribution is 0.416. The fourth-order valence-corrected chi connectivity index (χ4v) is 2.60. The van der Waals surface area contributed by atoms with Gasteiger partial charge >= 0.3 is 0 Å². The van der Waals surface area contributed by atoms with Gasteiger partial charge in [0.25, 0.3) is 5.56 Å². The number of benzene rings is 1. The van der Waals surface area contributed by atoms with Crippen molar-refractivity contribution in [2.24, 2.45) is 0 Å². The minimum Gasteiger partial charge on any atom is -0.496 e. The van der Waals surface area contributed by atoms with Crippen LogP contribution in [0.3, 0.4) is 0 Å². The molecular weight excluding hydrogens is 282 g/mol. The first kappa shape index (κ1) is 14.2. The number of ether oxygens (including phenoxy) is 1. The second kappa shape index (κ2) is 5.22. The number of nitrogens with zero attached hydrogens (tertiary/aromatic N) is 2. The number of aromatic nitrogens is 3. The number of aromatic amines is 1. The smallest absolute Gasteiger partial charge is 0.258 e. The highest BCUT2D eigenvalue weighted by Crippen LogP contribution is 2.33. The Labute approximate surface area is 127 Å². The van der Waals surface area contributed by atoms with Crippen molar-refractivity contribution in [3.8, 4) is 22.8 Å². The number of nitrogens with one attached hydrogen (secondary N) is 1. The summed E-state index contributed by atoms with van der Waals surface area (Å²) < 4.78 is 6.69. The fraction of sp³-hybridized carbons (Fsp3) is 0.250. The third-order valence-electron chi connectivity index (χ3n) is 3.66. The van der Waals surface area contributed by atoms with E-state index in [9.17, 15) is 9.90 Å². The summed E-state index contributed by atoms with van der Waals surface area (Å²) in [7, 11) is 1.58. The zero-order chi connectivity index (χ0) is 15.9. The van der Waals surface area contributed by atoms with Crippen LogP contribution in [0.4, 0.5) is 0 Å². The average molecular weight is 299 g/mol. The summed E-state index contributed by atoms with van der Waals surface area (Å²) >= 11 is 0. The number of fused-ring (bicyclic) bond motifs is 1. The Morgan fingerprint density at radius 2 is 2.00 bits per heavy atom. The topological polar surface area (TPSA) is 79.6 Å². The second-order valence-corrected chi connectivity index (χ2v) is 5.37. The van der Waals surface area contributed by atoms with Crippen molar-refractivity contribution in [3.05, 3.63) is 46.4 Å². The molecule has 2 aromatic heterocycles. The molecule has 2 heterocycles. The lowest BCUT2D eigenvalue weighted by Crippen LogP contribution is -2.17. The highest BCUT2D eigenvalue weighted by atomic mass is 16.5. The summed E-state index contributed by atoms with van der Waals surface area (Å²) in [4.78, 5) is 15.1. The van der Waals surface area contributed by atoms with Gasteiger partial charge in [-0.3, -0.25) is 4.79 Å². The molecule has 0 spiro atoms. The van der Waals surface area contributed by atoms with Gasteiger partial charge in [-0.1, -0.05) is 32.0 Å². The zero-order valence-corrected chi connectivity index (χ0v) is 12.6. The van der Waals surface area contributed by atoms with E-state index in [0.29, 0.717) is 22.5 Å². The van der Waals surface area contributed by atoms with Gasteiger partial charge in [0.1, 0.15) is 11.4 Å². The van der Waals surface area contributed by atoms with Crippen LogP contribution >= 0.6 is 0 Å². The molecule has 22 heavy (non-hydrogen) atoms. The van der Waals surface area contributed by atoms with Crippen molar-refractivity contribution in [2.45, 2.75) is 19.8 Å². The van der Waals surface area contributed by atoms with E-state index in [-0.39, 0.29) is 17.4 Å². The predicted octanol–water partition coefficient (Wildman–Crippen LogP) is 2.53. The lowest BCUT2D eigenvalue weighted by atomic mass is 10.1. The van der Waals surface area contributed by atoms with E-state index in [0.717, 1.165) is 5.56 Å². The van der Waals surface area contributed by atoms with Gasteiger partial charge < -0.3 is 14.8 Å². The average Bonchev–Trinajstić information content (AvgIpc) is 2.90. The first-order chi connectivity index (χ1) is 10.5. The van der Waals surface area contributed by atoms with Gasteiger partial charge in [0.15, 0.2) is 0 Å². The number of methoxy groups -OCH3 is 1. The number of hydrogen-bond donors (Lipinski definition) is 2. The van der Waals surface area contributed by atoms with E-state index < -0.39 is 0 Å². The van der Waals surface area contributed by atoms with Gasteiger partial charge in [-0.25, -0.2) is 0 Å². The molecule has 3 rings (SSSR count). The molecule has 6 heteroatoms. The predicted molar refractivity (Wildman–Crippen MR) is 83.6 cm³/mol. The van der Waals surface area contributed by atoms with Crippen LogP contribution in [0.5, 0.6) is 11.6 Å². The molecule has 114 valence electrons. The number of H-pyrrole nitrogens is 1. The van der Waals surface area contributed by atoms with Gasteiger partial charge in [0, 0.05) is 11.1 Å². The van der Waals surface area contributed by atoms with Crippen LogP contribution in [-0.4, -0.2) is 26.8 Å². The highest BCUT2D eigenvalue weighted by Gasteiger charge is 2.19. The monoisotopic (exact) mass is 299 g/mol. The van der Waals surface area contributed by atoms with Crippen LogP contribution in [0, 0.1) is 0 Å². The third-order valence-corrected chi connectivity index (χ3v) is 3.66. The lowest BCUT2D eigenvalue weighted by Gasteiger charge is -2.10. The summed E-state index contributed by atoms with van der Waals surface area (Å²) in [5.41, 5.74) is 1.95. The molecular formula is C16H17N3O3. The quantitative estimate of drug-likeness (QED) is 0.779. The molecule has 0 saturated heterocycles. The van der Waals surface area contributed by atoms with Crippen LogP contribution in [0.25, 0.3) is 16.8 Å². The molecule has 0 radical (unpaired) electrons. The number of rotatable bonds is 3. The maximum atomic E-state index is 12.2. The molecule has 0 saturated carbocycles. The molecule has 0 unspecified atom stereocenters. The molecule has 1 aromatic carbocycles. The molecule has 0 aliphatic rings. The van der Waals surface area contributed by atoms with Crippen LogP contribution in [0.1, 0.15) is 25.3 Å². The van der Waals surface area contributed by atoms with Crippen LogP contribution in [0.15, 0.2) is 35.3 Å². The summed E-state index contributed by atoms with van der Waals surface area (Å²) in [6.07, 6.45) is 1.60. The van der Waals surface area contributed by atoms with Gasteiger partial charge in [0.2, 0.25) is 5.88 Å². The van der Waals surface area contributed by atoms with Crippen molar-refractivity contribution >= 4 is 5.65 Å². The van der Waals surface area contributed by atoms with Gasteiger partial charge in [-0.15, -0.1) is 0 Å². The van der Waals surface area contributed by atoms with Crippen LogP contribution < -0.4 is 10.3 Å². The largest absolute Gasteiger partial charge is 0.496 e. The molecule has 0 aliphatic carbocycles. The normalized spacial score (nSPS) is 11.3. The minimum atomic E-state index is -0.309. The third kappa shape index (κ3) is 2.04. The number of hydrogen-bond acceptors (Lipinski definition) is 4. The summed E-state index contributed by atoms with van der Waals surface area (Å²) in [6, 6.07) is 7.45. The number of para-hydroxylation sites is 1. The molecule has 2 N–H and O–H groups in total. The maximum absolute atomic E-state index is 12.2. The van der Waals surface area contributed by atoms with Crippen LogP contribution in [0.2, 0.25) is 0 Å². The van der Waals surface area contributed by atoms with Gasteiger partial charge in [0.05, 0.1) is 18.9 Å². The Bertz CT molecular complexity index is 893. The first-order valence-electron chi connectivity index (χ1n) is 7.00. The van der Waals surface area contributed by atoms with Crippen molar-refractivity contribution in [3.63, 3.8) is 0 Å². The SMILES string of the molecule is COc1ccccc1-c1cnn2c(O)c(C(C)C)c(=O)[nH]c12. The van der Waals surface area contributed by atoms with Crippen molar-refractivity contribution in [1.82, 2.24) is 14.6 Å². The molecule has 0 atom stereocenters. The van der Waals surface area contributed by atoms with E-state index in [1.165, 1.54) is 4.52 Å². The van der Waals surface area contributed by atoms with E-state index in [4.69, 9.17) is 4.74 Å². The minimum absolute atomic E-state index is 0.105. The van der Waals surface area contributed by atoms with E-state index in [2.05, 4.69) is 10.1 Å². The van der Waals surface area contributed by atoms with Gasteiger partial charge in [-0.05, 0) is 12.0 Å². The summed E-state index contributed by atoms with van der Waals surface area (Å²) in [5, 5.41) is 14.5. The Morgan fingerprint density at radius 1 is 1.27 bits per heavy atom. The van der Waals surface area contributed by atoms with E-state index in [1.54, 1.807) is 13.3 Å². The van der Waals surface area contributed by atoms with Crippen molar-refractivity contribution in [1.29, 1.82) is 0 Å². The van der Waals surface area contributed by atoms with E-state index in [1.807, 2.05) is 38.1 Å². The van der Waals surface area contributed by atoms with Gasteiger partial charge in [-0.2, -0.15) is 9.61 Å². The maximum Gasteiger partial charge on any atom is 0.258 e. The molecule has 0 amide bonds. The Balaban J connectivity index is 2.33. The second-order valence-electron chi connectivity index (χ2n) is 5.37. The van der Waals surface area contributed by atoms with Crippen molar-refractivity contribution in [2.75, 3.05) is 7.11 Å². The fourth-order valence-electron chi connectivity index (χ4n) is 2.60. The molecule has 0 fully saturated rings. The Morgan fingerprint density at radius 3 is 2.68 bits per heavy atom. The standard InChI is InChI=1S/C16H17N3O3/c1-9(2)13-15(20)18-14-11(8-17-19(14)16(13)21)10-6-4-5-7-12(10)22-3/h4-9,21H,1-3H3,(H,18,20). The molecule has 0 aliphatic heterocycles. The summed E-state index contributed by atoms with van der Waals surface area (Å²) in [6.45, 7) is 3.70. The summed E-state index contributed by atoms with van der Waals surface area (Å²) in [5.74, 6) is 0.438. The van der Waals surface area contributed by atoms with Crippen molar-refractivity contribution < 1.29 is 9.84 Å². The first-order valence-corrected chi connectivity index (χ1v) is 7.00. The van der Waals surface area contributed by atoms with Crippen LogP contribution in [-0.2, 0) is 0 Å². The number of aromatic hydroxyl groups is 1. The Hall–Kier alpha value is -2.76. The molecule has 0 bridgehead atoms. The highest BCUT2D eigenvalue weighted by molar-refractivity contribution is 5.81.